The molecule has 1 nitrogen and oxygen atoms in total. The van der Waals surface area contributed by atoms with Gasteiger partial charge in [0, 0.05) is 11.6 Å². The number of nitrogens with zero attached hydrogens (tertiary/aromatic N) is 1. The molecule has 2 rings (SSSR count). The summed E-state index contributed by atoms with van der Waals surface area (Å²) in [6, 6.07) is 19.0. The van der Waals surface area contributed by atoms with Crippen molar-refractivity contribution in [2.45, 2.75) is 13.5 Å². The molecule has 0 heterocycles. The minimum atomic E-state index is 0.930. The molecule has 2 aromatic rings. The topological polar surface area (TPSA) is 3.01 Å². The third-order valence-corrected chi connectivity index (χ3v) is 2.98. The van der Waals surface area contributed by atoms with Gasteiger partial charge in [0.2, 0.25) is 0 Å². The normalized spacial score (nSPS) is 12.0. The van der Waals surface area contributed by atoms with E-state index in [0.29, 0.717) is 0 Å². The van der Waals surface area contributed by atoms with Crippen molar-refractivity contribution in [3.8, 4) is 0 Å². The Bertz CT molecular complexity index is 562. The fourth-order valence-corrected chi connectivity index (χ4v) is 1.90. The first-order chi connectivity index (χ1) is 9.24. The summed E-state index contributed by atoms with van der Waals surface area (Å²) in [7, 11) is 2.09. The van der Waals surface area contributed by atoms with Crippen molar-refractivity contribution < 1.29 is 4.58 Å². The average Bonchev–Trinajstić information content (AvgIpc) is 2.42. The van der Waals surface area contributed by atoms with Crippen molar-refractivity contribution >= 4 is 12.3 Å². The van der Waals surface area contributed by atoms with Crippen molar-refractivity contribution in [3.05, 3.63) is 77.4 Å². The fourth-order valence-electron chi connectivity index (χ4n) is 1.90. The van der Waals surface area contributed by atoms with Gasteiger partial charge in [-0.05, 0) is 18.6 Å². The third-order valence-electron chi connectivity index (χ3n) is 2.98. The summed E-state index contributed by atoms with van der Waals surface area (Å²) < 4.78 is 2.18. The van der Waals surface area contributed by atoms with Crippen LogP contribution in [-0.4, -0.2) is 17.8 Å². The predicted molar refractivity (Wildman–Crippen MR) is 82.6 cm³/mol. The number of rotatable bonds is 4. The molecule has 0 unspecified atom stereocenters. The number of aryl methyl sites for hydroxylation is 1. The van der Waals surface area contributed by atoms with Crippen LogP contribution in [-0.2, 0) is 6.54 Å². The molecule has 0 saturated heterocycles. The lowest BCUT2D eigenvalue weighted by molar-refractivity contribution is -0.508. The molecule has 0 fully saturated rings. The second-order valence-corrected chi connectivity index (χ2v) is 4.82. The van der Waals surface area contributed by atoms with Crippen LogP contribution in [0.5, 0.6) is 0 Å². The summed E-state index contributed by atoms with van der Waals surface area (Å²) in [5.41, 5.74) is 3.85. The molecule has 0 N–H and O–H groups in total. The zero-order chi connectivity index (χ0) is 13.5. The standard InChI is InChI=1S/C18H20N/c1-16-10-12-17(13-11-16)9-6-14-19(2)15-18-7-4-3-5-8-18/h3-14H,15H2,1-2H3/q+1/b9-6+,19-14?. The van der Waals surface area contributed by atoms with Crippen LogP contribution in [0.3, 0.4) is 0 Å². The van der Waals surface area contributed by atoms with E-state index in [1.807, 2.05) is 6.07 Å². The Morgan fingerprint density at radius 1 is 0.947 bits per heavy atom. The molecule has 0 amide bonds. The Balaban J connectivity index is 1.96. The Morgan fingerprint density at radius 3 is 2.32 bits per heavy atom. The van der Waals surface area contributed by atoms with Crippen molar-refractivity contribution in [2.24, 2.45) is 0 Å². The van der Waals surface area contributed by atoms with E-state index in [1.165, 1.54) is 16.7 Å². The molecule has 0 saturated carbocycles. The number of benzene rings is 2. The highest BCUT2D eigenvalue weighted by Crippen LogP contribution is 2.04. The van der Waals surface area contributed by atoms with Gasteiger partial charge in [0.25, 0.3) is 0 Å². The molecule has 0 spiro atoms. The first-order valence-corrected chi connectivity index (χ1v) is 6.56. The average molecular weight is 250 g/mol. The molecule has 1 heteroatoms. The molecule has 0 bridgehead atoms. The third kappa shape index (κ3) is 4.55. The minimum absolute atomic E-state index is 0.930. The lowest BCUT2D eigenvalue weighted by Gasteiger charge is -1.96. The van der Waals surface area contributed by atoms with Gasteiger partial charge in [0.15, 0.2) is 12.8 Å². The quantitative estimate of drug-likeness (QED) is 0.571. The smallest absolute Gasteiger partial charge is 0.167 e. The van der Waals surface area contributed by atoms with E-state index in [2.05, 4.69) is 85.4 Å². The van der Waals surface area contributed by atoms with E-state index in [9.17, 15) is 0 Å². The first-order valence-electron chi connectivity index (χ1n) is 6.56. The Labute approximate surface area is 115 Å². The molecule has 19 heavy (non-hydrogen) atoms. The van der Waals surface area contributed by atoms with Crippen molar-refractivity contribution in [3.63, 3.8) is 0 Å². The monoisotopic (exact) mass is 250 g/mol. The van der Waals surface area contributed by atoms with E-state index in [4.69, 9.17) is 0 Å². The van der Waals surface area contributed by atoms with E-state index in [-0.39, 0.29) is 0 Å². The highest BCUT2D eigenvalue weighted by Gasteiger charge is 1.96. The van der Waals surface area contributed by atoms with Crippen molar-refractivity contribution in [1.82, 2.24) is 0 Å². The van der Waals surface area contributed by atoms with Crippen LogP contribution >= 0.6 is 0 Å². The van der Waals surface area contributed by atoms with E-state index < -0.39 is 0 Å². The summed E-state index contributed by atoms with van der Waals surface area (Å²) in [6.07, 6.45) is 6.32. The summed E-state index contributed by atoms with van der Waals surface area (Å²) in [4.78, 5) is 0. The first kappa shape index (κ1) is 13.3. The van der Waals surface area contributed by atoms with Gasteiger partial charge in [-0.1, -0.05) is 60.2 Å². The Morgan fingerprint density at radius 2 is 1.63 bits per heavy atom. The Hall–Kier alpha value is -2.15. The van der Waals surface area contributed by atoms with Gasteiger partial charge >= 0.3 is 0 Å². The van der Waals surface area contributed by atoms with Crippen LogP contribution in [0.15, 0.2) is 60.7 Å². The van der Waals surface area contributed by atoms with E-state index in [0.717, 1.165) is 6.54 Å². The van der Waals surface area contributed by atoms with Crippen LogP contribution in [0.2, 0.25) is 0 Å². The number of hydrogen-bond acceptors (Lipinski definition) is 0. The maximum absolute atomic E-state index is 2.18. The molecular weight excluding hydrogens is 230 g/mol. The highest BCUT2D eigenvalue weighted by atomic mass is 14.9. The van der Waals surface area contributed by atoms with Gasteiger partial charge < -0.3 is 0 Å². The summed E-state index contributed by atoms with van der Waals surface area (Å²) in [5.74, 6) is 0. The van der Waals surface area contributed by atoms with Crippen molar-refractivity contribution in [2.75, 3.05) is 7.05 Å². The Kier molecular flexibility index (Phi) is 4.68. The van der Waals surface area contributed by atoms with Gasteiger partial charge in [0.05, 0.1) is 0 Å². The molecule has 0 radical (unpaired) electrons. The van der Waals surface area contributed by atoms with E-state index >= 15 is 0 Å². The zero-order valence-corrected chi connectivity index (χ0v) is 11.6. The number of hydrogen-bond donors (Lipinski definition) is 0. The highest BCUT2D eigenvalue weighted by molar-refractivity contribution is 5.74. The lowest BCUT2D eigenvalue weighted by Crippen LogP contribution is -2.05. The summed E-state index contributed by atoms with van der Waals surface area (Å²) in [6.45, 7) is 3.03. The number of allylic oxidation sites excluding steroid dienone is 1. The molecule has 0 aliphatic heterocycles. The maximum Gasteiger partial charge on any atom is 0.167 e. The van der Waals surface area contributed by atoms with Gasteiger partial charge in [-0.15, -0.1) is 0 Å². The fraction of sp³-hybridized carbons (Fsp3) is 0.167. The maximum atomic E-state index is 2.18. The van der Waals surface area contributed by atoms with Crippen LogP contribution < -0.4 is 0 Å². The molecule has 96 valence electrons. The lowest BCUT2D eigenvalue weighted by atomic mass is 10.1. The summed E-state index contributed by atoms with van der Waals surface area (Å²) >= 11 is 0. The molecular formula is C18H20N+. The van der Waals surface area contributed by atoms with Gasteiger partial charge in [-0.2, -0.15) is 0 Å². The molecule has 2 aromatic carbocycles. The molecule has 0 aromatic heterocycles. The minimum Gasteiger partial charge on any atom is -0.234 e. The van der Waals surface area contributed by atoms with Crippen molar-refractivity contribution in [1.29, 1.82) is 0 Å². The van der Waals surface area contributed by atoms with Crippen LogP contribution in [0.1, 0.15) is 16.7 Å². The molecule has 0 aliphatic carbocycles. The zero-order valence-electron chi connectivity index (χ0n) is 11.6. The van der Waals surface area contributed by atoms with Gasteiger partial charge in [-0.25, -0.2) is 4.58 Å². The predicted octanol–water partition coefficient (Wildman–Crippen LogP) is 3.92. The molecule has 0 aliphatic rings. The largest absolute Gasteiger partial charge is 0.234 e. The van der Waals surface area contributed by atoms with E-state index in [1.54, 1.807) is 0 Å². The summed E-state index contributed by atoms with van der Waals surface area (Å²) in [5, 5.41) is 0. The van der Waals surface area contributed by atoms with Crippen LogP contribution in [0.4, 0.5) is 0 Å². The van der Waals surface area contributed by atoms with Gasteiger partial charge in [-0.3, -0.25) is 0 Å². The molecule has 0 atom stereocenters. The SMILES string of the molecule is Cc1ccc(/C=C/C=[N+](C)Cc2ccccc2)cc1. The van der Waals surface area contributed by atoms with Crippen LogP contribution in [0, 0.1) is 6.92 Å². The van der Waals surface area contributed by atoms with Crippen LogP contribution in [0.25, 0.3) is 6.08 Å². The van der Waals surface area contributed by atoms with Gasteiger partial charge in [0.1, 0.15) is 7.05 Å². The second kappa shape index (κ2) is 6.69. The second-order valence-electron chi connectivity index (χ2n) is 4.82.